The molecule has 96 valence electrons. The van der Waals surface area contributed by atoms with Gasteiger partial charge in [0.25, 0.3) is 5.91 Å². The highest BCUT2D eigenvalue weighted by Crippen LogP contribution is 2.17. The Bertz CT molecular complexity index is 439. The summed E-state index contributed by atoms with van der Waals surface area (Å²) in [6.07, 6.45) is 4.53. The smallest absolute Gasteiger partial charge is 0.256 e. The molecule has 0 fully saturated rings. The van der Waals surface area contributed by atoms with Crippen LogP contribution in [0.2, 0.25) is 0 Å². The first kappa shape index (κ1) is 12.6. The zero-order chi connectivity index (χ0) is 13.0. The van der Waals surface area contributed by atoms with Gasteiger partial charge in [-0.15, -0.1) is 0 Å². The number of methoxy groups -OCH3 is 2. The lowest BCUT2D eigenvalue weighted by atomic mass is 10.1. The number of hydrogen-bond acceptors (Lipinski definition) is 3. The second-order valence-electron chi connectivity index (χ2n) is 4.07. The van der Waals surface area contributed by atoms with E-state index in [1.54, 1.807) is 43.4 Å². The number of nitrogens with zero attached hydrogens (tertiary/aromatic N) is 1. The van der Waals surface area contributed by atoms with Crippen LogP contribution in [0.25, 0.3) is 0 Å². The fourth-order valence-electron chi connectivity index (χ4n) is 1.98. The predicted molar refractivity (Wildman–Crippen MR) is 68.6 cm³/mol. The minimum atomic E-state index is -0.270. The summed E-state index contributed by atoms with van der Waals surface area (Å²) < 4.78 is 10.4. The third-order valence-electron chi connectivity index (χ3n) is 2.98. The third kappa shape index (κ3) is 2.54. The molecule has 0 radical (unpaired) electrons. The number of hydrogen-bond donors (Lipinski definition) is 0. The third-order valence-corrected chi connectivity index (χ3v) is 2.98. The standard InChI is InChI=1S/C14H17NO3/c1-17-12-8-6-11(7-9-12)14(16)15-10-4-3-5-13(15)18-2/h3,5-9,13H,4,10H2,1-2H3/t13-/m0/s1. The van der Waals surface area contributed by atoms with Gasteiger partial charge in [0, 0.05) is 19.2 Å². The van der Waals surface area contributed by atoms with Crippen LogP contribution in [0.4, 0.5) is 0 Å². The highest BCUT2D eigenvalue weighted by molar-refractivity contribution is 5.94. The molecule has 0 saturated heterocycles. The van der Waals surface area contributed by atoms with Gasteiger partial charge in [-0.05, 0) is 36.8 Å². The molecule has 0 aliphatic carbocycles. The molecule has 0 bridgehead atoms. The molecule has 4 nitrogen and oxygen atoms in total. The van der Waals surface area contributed by atoms with Crippen molar-refractivity contribution < 1.29 is 14.3 Å². The van der Waals surface area contributed by atoms with Crippen LogP contribution >= 0.6 is 0 Å². The quantitative estimate of drug-likeness (QED) is 0.767. The van der Waals surface area contributed by atoms with Gasteiger partial charge in [0.2, 0.25) is 0 Å². The zero-order valence-electron chi connectivity index (χ0n) is 10.6. The summed E-state index contributed by atoms with van der Waals surface area (Å²) in [6, 6.07) is 7.11. The van der Waals surface area contributed by atoms with E-state index >= 15 is 0 Å². The van der Waals surface area contributed by atoms with E-state index in [2.05, 4.69) is 0 Å². The molecule has 1 aromatic carbocycles. The van der Waals surface area contributed by atoms with E-state index in [4.69, 9.17) is 9.47 Å². The van der Waals surface area contributed by atoms with Crippen molar-refractivity contribution in [2.45, 2.75) is 12.6 Å². The average Bonchev–Trinajstić information content (AvgIpc) is 2.46. The Labute approximate surface area is 107 Å². The van der Waals surface area contributed by atoms with Crippen molar-refractivity contribution in [3.63, 3.8) is 0 Å². The Morgan fingerprint density at radius 1 is 1.28 bits per heavy atom. The SMILES string of the molecule is COc1ccc(C(=O)N2CCC=C[C@@H]2OC)cc1. The molecule has 0 saturated carbocycles. The van der Waals surface area contributed by atoms with Crippen LogP contribution in [0.5, 0.6) is 5.75 Å². The highest BCUT2D eigenvalue weighted by atomic mass is 16.5. The minimum Gasteiger partial charge on any atom is -0.497 e. The van der Waals surface area contributed by atoms with Crippen LogP contribution in [0.1, 0.15) is 16.8 Å². The van der Waals surface area contributed by atoms with Gasteiger partial charge in [0.15, 0.2) is 6.23 Å². The van der Waals surface area contributed by atoms with Crippen molar-refractivity contribution >= 4 is 5.91 Å². The van der Waals surface area contributed by atoms with Crippen molar-refractivity contribution in [3.8, 4) is 5.75 Å². The van der Waals surface area contributed by atoms with E-state index in [0.717, 1.165) is 12.2 Å². The molecule has 4 heteroatoms. The van der Waals surface area contributed by atoms with Crippen LogP contribution in [0, 0.1) is 0 Å². The van der Waals surface area contributed by atoms with Crippen LogP contribution in [0.3, 0.4) is 0 Å². The summed E-state index contributed by atoms with van der Waals surface area (Å²) in [7, 11) is 3.21. The fraction of sp³-hybridized carbons (Fsp3) is 0.357. The summed E-state index contributed by atoms with van der Waals surface area (Å²) in [5.41, 5.74) is 0.646. The monoisotopic (exact) mass is 247 g/mol. The van der Waals surface area contributed by atoms with Crippen LogP contribution < -0.4 is 4.74 Å². The Morgan fingerprint density at radius 2 is 2.00 bits per heavy atom. The molecule has 0 unspecified atom stereocenters. The fourth-order valence-corrected chi connectivity index (χ4v) is 1.98. The summed E-state index contributed by atoms with van der Waals surface area (Å²) in [4.78, 5) is 14.1. The van der Waals surface area contributed by atoms with E-state index in [1.165, 1.54) is 0 Å². The maximum absolute atomic E-state index is 12.3. The molecule has 0 aromatic heterocycles. The van der Waals surface area contributed by atoms with Crippen molar-refractivity contribution in [2.24, 2.45) is 0 Å². The van der Waals surface area contributed by atoms with Gasteiger partial charge in [-0.1, -0.05) is 6.08 Å². The normalized spacial score (nSPS) is 18.8. The first-order chi connectivity index (χ1) is 8.76. The van der Waals surface area contributed by atoms with Gasteiger partial charge in [-0.2, -0.15) is 0 Å². The Balaban J connectivity index is 2.16. The van der Waals surface area contributed by atoms with Crippen LogP contribution in [-0.4, -0.2) is 37.8 Å². The average molecular weight is 247 g/mol. The topological polar surface area (TPSA) is 38.8 Å². The van der Waals surface area contributed by atoms with Crippen molar-refractivity contribution in [1.82, 2.24) is 4.90 Å². The molecule has 1 amide bonds. The van der Waals surface area contributed by atoms with E-state index in [9.17, 15) is 4.79 Å². The molecule has 0 spiro atoms. The molecule has 1 atom stereocenters. The van der Waals surface area contributed by atoms with Gasteiger partial charge < -0.3 is 14.4 Å². The Kier molecular flexibility index (Phi) is 3.99. The van der Waals surface area contributed by atoms with Gasteiger partial charge in [0.1, 0.15) is 5.75 Å². The van der Waals surface area contributed by atoms with Crippen LogP contribution in [0.15, 0.2) is 36.4 Å². The Morgan fingerprint density at radius 3 is 2.61 bits per heavy atom. The first-order valence-electron chi connectivity index (χ1n) is 5.90. The van der Waals surface area contributed by atoms with Gasteiger partial charge in [-0.25, -0.2) is 0 Å². The number of benzene rings is 1. The maximum atomic E-state index is 12.3. The molecule has 18 heavy (non-hydrogen) atoms. The lowest BCUT2D eigenvalue weighted by molar-refractivity contribution is 0.00329. The van der Waals surface area contributed by atoms with E-state index in [-0.39, 0.29) is 12.1 Å². The molecule has 1 aliphatic heterocycles. The first-order valence-corrected chi connectivity index (χ1v) is 5.90. The second-order valence-corrected chi connectivity index (χ2v) is 4.07. The van der Waals surface area contributed by atoms with Crippen molar-refractivity contribution in [2.75, 3.05) is 20.8 Å². The van der Waals surface area contributed by atoms with E-state index < -0.39 is 0 Å². The highest BCUT2D eigenvalue weighted by Gasteiger charge is 2.24. The maximum Gasteiger partial charge on any atom is 0.256 e. The van der Waals surface area contributed by atoms with Gasteiger partial charge >= 0.3 is 0 Å². The molecule has 0 N–H and O–H groups in total. The lowest BCUT2D eigenvalue weighted by Gasteiger charge is -2.31. The van der Waals surface area contributed by atoms with Crippen LogP contribution in [-0.2, 0) is 4.74 Å². The number of ether oxygens (including phenoxy) is 2. The summed E-state index contributed by atoms with van der Waals surface area (Å²) >= 11 is 0. The lowest BCUT2D eigenvalue weighted by Crippen LogP contribution is -2.42. The second kappa shape index (κ2) is 5.69. The van der Waals surface area contributed by atoms with Crippen molar-refractivity contribution in [3.05, 3.63) is 42.0 Å². The molecule has 1 aliphatic rings. The molecule has 1 heterocycles. The number of carbonyl (C=O) groups is 1. The Hall–Kier alpha value is -1.81. The predicted octanol–water partition coefficient (Wildman–Crippen LogP) is 2.07. The van der Waals surface area contributed by atoms with Gasteiger partial charge in [0.05, 0.1) is 7.11 Å². The summed E-state index contributed by atoms with van der Waals surface area (Å²) in [6.45, 7) is 0.680. The number of amides is 1. The van der Waals surface area contributed by atoms with Gasteiger partial charge in [-0.3, -0.25) is 4.79 Å². The molecular weight excluding hydrogens is 230 g/mol. The molecule has 2 rings (SSSR count). The minimum absolute atomic E-state index is 0.0196. The zero-order valence-corrected chi connectivity index (χ0v) is 10.6. The molecule has 1 aromatic rings. The summed E-state index contributed by atoms with van der Waals surface area (Å²) in [5.74, 6) is 0.724. The summed E-state index contributed by atoms with van der Waals surface area (Å²) in [5, 5.41) is 0. The van der Waals surface area contributed by atoms with E-state index in [0.29, 0.717) is 12.1 Å². The largest absolute Gasteiger partial charge is 0.497 e. The van der Waals surface area contributed by atoms with Crippen molar-refractivity contribution in [1.29, 1.82) is 0 Å². The van der Waals surface area contributed by atoms with E-state index in [1.807, 2.05) is 12.2 Å². The molecular formula is C14H17NO3. The number of rotatable bonds is 3. The number of carbonyl (C=O) groups excluding carboxylic acids is 1.